The summed E-state index contributed by atoms with van der Waals surface area (Å²) in [5.41, 5.74) is 0. The van der Waals surface area contributed by atoms with Gasteiger partial charge >= 0.3 is 309 Å². The standard InChI is InChI=1S/3C12H20O4.C8H17.Sn/c3*1-10(2)6-4-3-5-9-16-12(15)8-7-11(13)14;1-3-5-7-8-6-4-2;/h3*7-8,10H,3-6,9H2,1-2H3,(H,13,14);1,3-8H2,2H3;/q;;;;+3/p-3. The van der Waals surface area contributed by atoms with E-state index >= 15 is 0 Å². The van der Waals surface area contributed by atoms with Gasteiger partial charge in [0, 0.05) is 0 Å². The molecule has 0 rings (SSSR count). The van der Waals surface area contributed by atoms with Gasteiger partial charge in [0.15, 0.2) is 0 Å². The van der Waals surface area contributed by atoms with E-state index in [0.717, 1.165) is 120 Å². The molecule has 0 radical (unpaired) electrons. The molecule has 0 fully saturated rings. The molecule has 0 spiro atoms. The van der Waals surface area contributed by atoms with E-state index in [1.54, 1.807) is 0 Å². The fourth-order valence-electron chi connectivity index (χ4n) is 5.46. The Morgan fingerprint density at radius 1 is 0.386 bits per heavy atom. The van der Waals surface area contributed by atoms with Crippen LogP contribution in [0.5, 0.6) is 0 Å². The number of esters is 3. The molecule has 0 aliphatic rings. The molecule has 0 aromatic carbocycles. The Hall–Kier alpha value is -3.16. The molecule has 57 heavy (non-hydrogen) atoms. The molecular weight excluding hydrogens is 839 g/mol. The number of carbonyl (C=O) groups excluding carboxylic acids is 6. The fraction of sp³-hybridized carbons (Fsp3) is 0.727. The molecule has 0 saturated carbocycles. The van der Waals surface area contributed by atoms with Crippen LogP contribution in [0.4, 0.5) is 0 Å². The smallest absolute Gasteiger partial charge is 0.0628 e. The Bertz CT molecular complexity index is 1100. The molecule has 0 aromatic heterocycles. The molecule has 13 heteroatoms. The minimum absolute atomic E-state index is 0.0674. The second-order valence-corrected chi connectivity index (χ2v) is 22.8. The monoisotopic (exact) mass is 914 g/mol. The normalized spacial score (nSPS) is 12.7. The van der Waals surface area contributed by atoms with Crippen molar-refractivity contribution in [3.05, 3.63) is 36.5 Å². The number of unbranched alkanes of at least 4 members (excludes halogenated alkanes) is 11. The van der Waals surface area contributed by atoms with Crippen molar-refractivity contribution in [3.8, 4) is 0 Å². The minimum Gasteiger partial charge on any atom is -0.0628 e. The fourth-order valence-corrected chi connectivity index (χ4v) is 11.9. The van der Waals surface area contributed by atoms with E-state index in [1.165, 1.54) is 0 Å². The Morgan fingerprint density at radius 3 is 0.982 bits per heavy atom. The topological polar surface area (TPSA) is 158 Å². The molecule has 12 nitrogen and oxygen atoms in total. The van der Waals surface area contributed by atoms with Crippen LogP contribution in [0.15, 0.2) is 36.5 Å². The third kappa shape index (κ3) is 34.6. The first-order valence-corrected chi connectivity index (χ1v) is 26.9. The molecule has 0 unspecified atom stereocenters. The second kappa shape index (κ2) is 34.8. The van der Waals surface area contributed by atoms with E-state index in [4.69, 9.17) is 23.4 Å². The first kappa shape index (κ1) is 53.8. The molecule has 0 bridgehead atoms. The van der Waals surface area contributed by atoms with Crippen LogP contribution < -0.4 is 0 Å². The first-order valence-electron chi connectivity index (χ1n) is 21.4. The number of hydrogen-bond donors (Lipinski definition) is 0. The van der Waals surface area contributed by atoms with E-state index in [2.05, 4.69) is 48.5 Å². The first-order chi connectivity index (χ1) is 27.2. The van der Waals surface area contributed by atoms with Crippen molar-refractivity contribution >= 4 is 55.4 Å². The Balaban J connectivity index is 5.92. The Kier molecular flexibility index (Phi) is 32.9. The molecule has 0 heterocycles. The summed E-state index contributed by atoms with van der Waals surface area (Å²) in [5, 5.41) is 0. The van der Waals surface area contributed by atoms with Gasteiger partial charge in [0.1, 0.15) is 0 Å². The van der Waals surface area contributed by atoms with Crippen molar-refractivity contribution < 1.29 is 52.2 Å². The van der Waals surface area contributed by atoms with Crippen LogP contribution in [-0.4, -0.2) is 75.3 Å². The third-order valence-electron chi connectivity index (χ3n) is 8.68. The second-order valence-electron chi connectivity index (χ2n) is 15.7. The van der Waals surface area contributed by atoms with Crippen LogP contribution in [-0.2, 0) is 52.2 Å². The average molecular weight is 914 g/mol. The van der Waals surface area contributed by atoms with Crippen LogP contribution in [0.25, 0.3) is 0 Å². The van der Waals surface area contributed by atoms with Gasteiger partial charge in [-0.15, -0.1) is 0 Å². The summed E-state index contributed by atoms with van der Waals surface area (Å²) in [6.45, 7) is 15.5. The summed E-state index contributed by atoms with van der Waals surface area (Å²) >= 11 is -5.58. The summed E-state index contributed by atoms with van der Waals surface area (Å²) in [6, 6.07) is 0. The molecule has 0 N–H and O–H groups in total. The summed E-state index contributed by atoms with van der Waals surface area (Å²) in [7, 11) is 0. The molecular formula is C44H74O12Sn. The molecule has 0 amide bonds. The number of ether oxygens (including phenoxy) is 3. The van der Waals surface area contributed by atoms with Crippen molar-refractivity contribution in [3.63, 3.8) is 0 Å². The van der Waals surface area contributed by atoms with E-state index in [0.29, 0.717) is 49.9 Å². The summed E-state index contributed by atoms with van der Waals surface area (Å²) in [6.07, 6.45) is 21.2. The summed E-state index contributed by atoms with van der Waals surface area (Å²) in [5.74, 6) is -3.72. The van der Waals surface area contributed by atoms with Crippen LogP contribution >= 0.6 is 0 Å². The Labute approximate surface area is 348 Å². The van der Waals surface area contributed by atoms with Crippen LogP contribution in [0.3, 0.4) is 0 Å². The van der Waals surface area contributed by atoms with Crippen molar-refractivity contribution in [2.45, 2.75) is 168 Å². The summed E-state index contributed by atoms with van der Waals surface area (Å²) < 4.78 is 32.6. The van der Waals surface area contributed by atoms with Crippen molar-refractivity contribution in [2.75, 3.05) is 19.8 Å². The van der Waals surface area contributed by atoms with Gasteiger partial charge in [-0.05, 0) is 0 Å². The zero-order chi connectivity index (χ0) is 42.7. The minimum atomic E-state index is -5.58. The number of carbonyl (C=O) groups is 6. The molecule has 0 atom stereocenters. The van der Waals surface area contributed by atoms with E-state index < -0.39 is 55.4 Å². The van der Waals surface area contributed by atoms with Crippen LogP contribution in [0, 0.1) is 17.8 Å². The molecule has 0 aliphatic carbocycles. The number of hydrogen-bond acceptors (Lipinski definition) is 12. The zero-order valence-corrected chi connectivity index (χ0v) is 39.0. The molecule has 0 saturated heterocycles. The zero-order valence-electron chi connectivity index (χ0n) is 36.2. The van der Waals surface area contributed by atoms with Gasteiger partial charge in [0.25, 0.3) is 0 Å². The van der Waals surface area contributed by atoms with Crippen LogP contribution in [0.1, 0.15) is 164 Å². The maximum atomic E-state index is 13.1. The van der Waals surface area contributed by atoms with Gasteiger partial charge in [0.2, 0.25) is 0 Å². The SMILES string of the molecule is CCCCCCC[CH2][Sn]([O]C(=O)C=CC(=O)OCCCCCC(C)C)([O]C(=O)C=CC(=O)OCCCCCC(C)C)[O]C(=O)C=CC(=O)OCCCCCC(C)C. The third-order valence-corrected chi connectivity index (χ3v) is 15.8. The predicted molar refractivity (Wildman–Crippen MR) is 222 cm³/mol. The van der Waals surface area contributed by atoms with Crippen molar-refractivity contribution in [1.82, 2.24) is 0 Å². The van der Waals surface area contributed by atoms with Crippen molar-refractivity contribution in [1.29, 1.82) is 0 Å². The molecule has 0 aliphatic heterocycles. The van der Waals surface area contributed by atoms with Gasteiger partial charge in [0.05, 0.1) is 0 Å². The average Bonchev–Trinajstić information content (AvgIpc) is 3.14. The maximum absolute atomic E-state index is 13.1. The van der Waals surface area contributed by atoms with Crippen LogP contribution in [0.2, 0.25) is 4.44 Å². The van der Waals surface area contributed by atoms with Gasteiger partial charge in [-0.3, -0.25) is 0 Å². The van der Waals surface area contributed by atoms with Gasteiger partial charge in [-0.1, -0.05) is 41.5 Å². The van der Waals surface area contributed by atoms with Gasteiger partial charge in [-0.25, -0.2) is 0 Å². The van der Waals surface area contributed by atoms with Gasteiger partial charge in [-0.2, -0.15) is 0 Å². The molecule has 326 valence electrons. The number of rotatable bonds is 34. The van der Waals surface area contributed by atoms with E-state index in [-0.39, 0.29) is 24.3 Å². The van der Waals surface area contributed by atoms with E-state index in [9.17, 15) is 28.8 Å². The van der Waals surface area contributed by atoms with Crippen molar-refractivity contribution in [2.24, 2.45) is 17.8 Å². The predicted octanol–water partition coefficient (Wildman–Crippen LogP) is 9.86. The quantitative estimate of drug-likeness (QED) is 0.0198. The Morgan fingerprint density at radius 2 is 0.667 bits per heavy atom. The molecule has 0 aromatic rings. The van der Waals surface area contributed by atoms with Gasteiger partial charge < -0.3 is 0 Å². The van der Waals surface area contributed by atoms with E-state index in [1.807, 2.05) is 0 Å². The summed E-state index contributed by atoms with van der Waals surface area (Å²) in [4.78, 5) is 76.4.